The minimum Gasteiger partial charge on any atom is -0.508 e. The summed E-state index contributed by atoms with van der Waals surface area (Å²) in [6.45, 7) is 0. The molecule has 0 atom stereocenters. The molecule has 0 aromatic heterocycles. The number of carbonyl (C=O) groups is 1. The van der Waals surface area contributed by atoms with Crippen molar-refractivity contribution < 1.29 is 19.7 Å². The molecule has 0 bridgehead atoms. The number of aromatic hydroxyl groups is 2. The van der Waals surface area contributed by atoms with Crippen LogP contribution >= 0.6 is 0 Å². The largest absolute Gasteiger partial charge is 0.508 e. The SMILES string of the molecule is COC(=O)C1=CCc2c(O)ccc(O)c2C1. The molecule has 1 aliphatic carbocycles. The molecule has 0 saturated carbocycles. The van der Waals surface area contributed by atoms with Crippen molar-refractivity contribution in [3.05, 3.63) is 34.9 Å². The maximum absolute atomic E-state index is 11.3. The van der Waals surface area contributed by atoms with Crippen molar-refractivity contribution in [3.63, 3.8) is 0 Å². The summed E-state index contributed by atoms with van der Waals surface area (Å²) < 4.78 is 4.62. The fourth-order valence-electron chi connectivity index (χ4n) is 1.87. The zero-order chi connectivity index (χ0) is 11.7. The zero-order valence-corrected chi connectivity index (χ0v) is 8.86. The van der Waals surface area contributed by atoms with Gasteiger partial charge in [0.1, 0.15) is 11.5 Å². The normalized spacial score (nSPS) is 13.9. The van der Waals surface area contributed by atoms with Gasteiger partial charge in [0, 0.05) is 23.1 Å². The van der Waals surface area contributed by atoms with Gasteiger partial charge >= 0.3 is 5.97 Å². The van der Waals surface area contributed by atoms with Crippen molar-refractivity contribution in [2.45, 2.75) is 12.8 Å². The first-order valence-corrected chi connectivity index (χ1v) is 4.93. The van der Waals surface area contributed by atoms with E-state index in [1.807, 2.05) is 0 Å². The van der Waals surface area contributed by atoms with Gasteiger partial charge in [-0.3, -0.25) is 0 Å². The Morgan fingerprint density at radius 1 is 1.25 bits per heavy atom. The fraction of sp³-hybridized carbons (Fsp3) is 0.250. The summed E-state index contributed by atoms with van der Waals surface area (Å²) in [5.74, 6) is -0.149. The Morgan fingerprint density at radius 3 is 2.50 bits per heavy atom. The topological polar surface area (TPSA) is 66.8 Å². The highest BCUT2D eigenvalue weighted by Gasteiger charge is 2.21. The van der Waals surface area contributed by atoms with Crippen LogP contribution < -0.4 is 0 Å². The summed E-state index contributed by atoms with van der Waals surface area (Å²) in [7, 11) is 1.32. The highest BCUT2D eigenvalue weighted by atomic mass is 16.5. The highest BCUT2D eigenvalue weighted by Crippen LogP contribution is 2.34. The maximum Gasteiger partial charge on any atom is 0.333 e. The van der Waals surface area contributed by atoms with E-state index >= 15 is 0 Å². The van der Waals surface area contributed by atoms with Crippen LogP contribution in [-0.2, 0) is 22.4 Å². The van der Waals surface area contributed by atoms with E-state index in [1.54, 1.807) is 6.08 Å². The minimum absolute atomic E-state index is 0.0994. The molecule has 0 saturated heterocycles. The van der Waals surface area contributed by atoms with Crippen LogP contribution in [0.5, 0.6) is 11.5 Å². The number of hydrogen-bond donors (Lipinski definition) is 2. The molecule has 2 rings (SSSR count). The zero-order valence-electron chi connectivity index (χ0n) is 8.86. The average Bonchev–Trinajstić information content (AvgIpc) is 2.32. The number of fused-ring (bicyclic) bond motifs is 1. The molecule has 4 nitrogen and oxygen atoms in total. The Bertz CT molecular complexity index is 474. The standard InChI is InChI=1S/C12H12O4/c1-16-12(15)7-2-3-8-9(6-7)11(14)5-4-10(8)13/h2,4-5,13-14H,3,6H2,1H3. The van der Waals surface area contributed by atoms with E-state index in [0.717, 1.165) is 0 Å². The Hall–Kier alpha value is -1.97. The molecule has 1 aromatic carbocycles. The third-order valence-electron chi connectivity index (χ3n) is 2.75. The monoisotopic (exact) mass is 220 g/mol. The molecule has 2 N–H and O–H groups in total. The van der Waals surface area contributed by atoms with Crippen molar-refractivity contribution in [2.24, 2.45) is 0 Å². The predicted molar refractivity (Wildman–Crippen MR) is 57.3 cm³/mol. The lowest BCUT2D eigenvalue weighted by Gasteiger charge is -2.17. The maximum atomic E-state index is 11.3. The molecule has 84 valence electrons. The van der Waals surface area contributed by atoms with Gasteiger partial charge in [0.15, 0.2) is 0 Å². The molecule has 16 heavy (non-hydrogen) atoms. The first-order valence-electron chi connectivity index (χ1n) is 4.93. The van der Waals surface area contributed by atoms with Crippen LogP contribution in [0.15, 0.2) is 23.8 Å². The van der Waals surface area contributed by atoms with Gasteiger partial charge < -0.3 is 14.9 Å². The number of carbonyl (C=O) groups excluding carboxylic acids is 1. The second kappa shape index (κ2) is 3.89. The lowest BCUT2D eigenvalue weighted by atomic mass is 9.90. The lowest BCUT2D eigenvalue weighted by molar-refractivity contribution is -0.136. The van der Waals surface area contributed by atoms with Crippen LogP contribution in [0.3, 0.4) is 0 Å². The molecule has 0 aliphatic heterocycles. The van der Waals surface area contributed by atoms with Gasteiger partial charge in [-0.25, -0.2) is 4.79 Å². The minimum atomic E-state index is -0.395. The molecule has 1 aromatic rings. The van der Waals surface area contributed by atoms with Gasteiger partial charge in [-0.05, 0) is 18.6 Å². The van der Waals surface area contributed by atoms with Crippen LogP contribution in [0, 0.1) is 0 Å². The average molecular weight is 220 g/mol. The first kappa shape index (κ1) is 10.5. The van der Waals surface area contributed by atoms with Gasteiger partial charge in [0.2, 0.25) is 0 Å². The smallest absolute Gasteiger partial charge is 0.333 e. The molecule has 0 amide bonds. The third-order valence-corrected chi connectivity index (χ3v) is 2.75. The summed E-state index contributed by atoms with van der Waals surface area (Å²) >= 11 is 0. The van der Waals surface area contributed by atoms with Crippen molar-refractivity contribution in [1.29, 1.82) is 0 Å². The molecule has 0 fully saturated rings. The number of phenolic OH excluding ortho intramolecular Hbond substituents is 2. The van der Waals surface area contributed by atoms with Gasteiger partial charge in [-0.1, -0.05) is 6.08 Å². The van der Waals surface area contributed by atoms with Crippen LogP contribution in [0.25, 0.3) is 0 Å². The predicted octanol–water partition coefficient (Wildman–Crippen LogP) is 1.30. The number of phenols is 2. The van der Waals surface area contributed by atoms with E-state index in [1.165, 1.54) is 19.2 Å². The molecule has 0 radical (unpaired) electrons. The van der Waals surface area contributed by atoms with E-state index in [-0.39, 0.29) is 11.5 Å². The lowest BCUT2D eigenvalue weighted by Crippen LogP contribution is -2.12. The van der Waals surface area contributed by atoms with Crippen molar-refractivity contribution >= 4 is 5.97 Å². The number of allylic oxidation sites excluding steroid dienone is 1. The Labute approximate surface area is 92.8 Å². The van der Waals surface area contributed by atoms with Crippen LogP contribution in [0.4, 0.5) is 0 Å². The van der Waals surface area contributed by atoms with Crippen molar-refractivity contribution in [1.82, 2.24) is 0 Å². The number of methoxy groups -OCH3 is 1. The number of hydrogen-bond acceptors (Lipinski definition) is 4. The summed E-state index contributed by atoms with van der Waals surface area (Å²) in [4.78, 5) is 11.3. The molecule has 0 spiro atoms. The van der Waals surface area contributed by atoms with E-state index in [2.05, 4.69) is 4.74 Å². The first-order chi connectivity index (χ1) is 7.63. The number of esters is 1. The second-order valence-corrected chi connectivity index (χ2v) is 3.66. The van der Waals surface area contributed by atoms with Gasteiger partial charge in [-0.2, -0.15) is 0 Å². The van der Waals surface area contributed by atoms with Crippen molar-refractivity contribution in [2.75, 3.05) is 7.11 Å². The van der Waals surface area contributed by atoms with E-state index < -0.39 is 5.97 Å². The Morgan fingerprint density at radius 2 is 1.88 bits per heavy atom. The fourth-order valence-corrected chi connectivity index (χ4v) is 1.87. The van der Waals surface area contributed by atoms with E-state index in [0.29, 0.717) is 29.5 Å². The van der Waals surface area contributed by atoms with Gasteiger partial charge in [0.05, 0.1) is 7.11 Å². The highest BCUT2D eigenvalue weighted by molar-refractivity contribution is 5.89. The molecule has 0 unspecified atom stereocenters. The second-order valence-electron chi connectivity index (χ2n) is 3.66. The molecular weight excluding hydrogens is 208 g/mol. The van der Waals surface area contributed by atoms with Crippen LogP contribution in [0.1, 0.15) is 11.1 Å². The molecular formula is C12H12O4. The third kappa shape index (κ3) is 1.62. The van der Waals surface area contributed by atoms with E-state index in [4.69, 9.17) is 0 Å². The van der Waals surface area contributed by atoms with Gasteiger partial charge in [0.25, 0.3) is 0 Å². The number of benzene rings is 1. The van der Waals surface area contributed by atoms with Crippen LogP contribution in [-0.4, -0.2) is 23.3 Å². The summed E-state index contributed by atoms with van der Waals surface area (Å²) in [6, 6.07) is 2.87. The van der Waals surface area contributed by atoms with E-state index in [9.17, 15) is 15.0 Å². The summed E-state index contributed by atoms with van der Waals surface area (Å²) in [5, 5.41) is 19.3. The Kier molecular flexibility index (Phi) is 2.56. The molecule has 1 aliphatic rings. The van der Waals surface area contributed by atoms with Crippen LogP contribution in [0.2, 0.25) is 0 Å². The van der Waals surface area contributed by atoms with Crippen molar-refractivity contribution in [3.8, 4) is 11.5 Å². The quantitative estimate of drug-likeness (QED) is 0.553. The summed E-state index contributed by atoms with van der Waals surface area (Å²) in [5.41, 5.74) is 1.78. The number of rotatable bonds is 1. The number of ether oxygens (including phenoxy) is 1. The Balaban J connectivity index is 2.40. The molecule has 0 heterocycles. The van der Waals surface area contributed by atoms with Gasteiger partial charge in [-0.15, -0.1) is 0 Å². The molecule has 4 heteroatoms. The summed E-state index contributed by atoms with van der Waals surface area (Å²) in [6.07, 6.45) is 2.44.